The molecule has 0 amide bonds. The molecule has 5 heteroatoms. The van der Waals surface area contributed by atoms with Crippen LogP contribution in [-0.4, -0.2) is 18.0 Å². The average molecular weight is 418 g/mol. The van der Waals surface area contributed by atoms with Gasteiger partial charge in [0.15, 0.2) is 0 Å². The second-order valence-electron chi connectivity index (χ2n) is 5.02. The number of nitrogens with two attached hydrogens (primary N) is 1. The first-order valence-electron chi connectivity index (χ1n) is 6.41. The Morgan fingerprint density at radius 3 is 2.55 bits per heavy atom. The third kappa shape index (κ3) is 4.15. The topological polar surface area (TPSA) is 29.3 Å². The van der Waals surface area contributed by atoms with E-state index in [4.69, 9.17) is 5.73 Å². The summed E-state index contributed by atoms with van der Waals surface area (Å²) in [6.45, 7) is 2.94. The predicted octanol–water partition coefficient (Wildman–Crippen LogP) is 4.79. The Hall–Kier alpha value is -0.200. The van der Waals surface area contributed by atoms with E-state index in [9.17, 15) is 0 Å². The van der Waals surface area contributed by atoms with Crippen LogP contribution < -0.4 is 5.73 Å². The van der Waals surface area contributed by atoms with Crippen LogP contribution in [0.5, 0.6) is 0 Å². The van der Waals surface area contributed by atoms with E-state index in [-0.39, 0.29) is 12.1 Å². The van der Waals surface area contributed by atoms with Crippen molar-refractivity contribution in [1.29, 1.82) is 0 Å². The standard InChI is InChI=1S/C15H18Br2N2S/c1-10(18)15(14-7-13(17)9-20-14)19(2)8-11-4-3-5-12(16)6-11/h3-7,9-10,15H,8,18H2,1-2H3. The second-order valence-corrected chi connectivity index (χ2v) is 7.79. The first-order valence-corrected chi connectivity index (χ1v) is 8.88. The van der Waals surface area contributed by atoms with Crippen molar-refractivity contribution in [2.75, 3.05) is 7.05 Å². The maximum absolute atomic E-state index is 6.20. The van der Waals surface area contributed by atoms with E-state index in [0.717, 1.165) is 15.5 Å². The third-order valence-corrected chi connectivity index (χ3v) is 5.43. The van der Waals surface area contributed by atoms with Crippen molar-refractivity contribution in [3.8, 4) is 0 Å². The number of nitrogens with zero attached hydrogens (tertiary/aromatic N) is 1. The van der Waals surface area contributed by atoms with Crippen LogP contribution in [0.3, 0.4) is 0 Å². The van der Waals surface area contributed by atoms with Gasteiger partial charge in [0.2, 0.25) is 0 Å². The molecule has 20 heavy (non-hydrogen) atoms. The van der Waals surface area contributed by atoms with Crippen LogP contribution in [0.25, 0.3) is 0 Å². The summed E-state index contributed by atoms with van der Waals surface area (Å²) in [6.07, 6.45) is 0. The van der Waals surface area contributed by atoms with Crippen molar-refractivity contribution in [1.82, 2.24) is 4.90 Å². The quantitative estimate of drug-likeness (QED) is 0.757. The van der Waals surface area contributed by atoms with Gasteiger partial charge in [0.1, 0.15) is 0 Å². The molecular weight excluding hydrogens is 400 g/mol. The Bertz CT molecular complexity index is 569. The van der Waals surface area contributed by atoms with E-state index in [2.05, 4.69) is 80.4 Å². The highest BCUT2D eigenvalue weighted by molar-refractivity contribution is 9.10. The molecule has 1 heterocycles. The second kappa shape index (κ2) is 7.18. The van der Waals surface area contributed by atoms with Gasteiger partial charge < -0.3 is 5.73 Å². The Labute approximate surface area is 141 Å². The van der Waals surface area contributed by atoms with Gasteiger partial charge in [-0.05, 0) is 53.7 Å². The van der Waals surface area contributed by atoms with E-state index in [0.29, 0.717) is 0 Å². The molecule has 2 atom stereocenters. The van der Waals surface area contributed by atoms with E-state index in [1.807, 2.05) is 6.07 Å². The number of likely N-dealkylation sites (N-methyl/N-ethyl adjacent to an activating group) is 1. The molecule has 2 rings (SSSR count). The Morgan fingerprint density at radius 2 is 2.00 bits per heavy atom. The van der Waals surface area contributed by atoms with Gasteiger partial charge in [-0.1, -0.05) is 28.1 Å². The highest BCUT2D eigenvalue weighted by Gasteiger charge is 2.22. The third-order valence-electron chi connectivity index (χ3n) is 3.17. The van der Waals surface area contributed by atoms with Gasteiger partial charge in [0.25, 0.3) is 0 Å². The largest absolute Gasteiger partial charge is 0.326 e. The van der Waals surface area contributed by atoms with Gasteiger partial charge in [-0.2, -0.15) is 0 Å². The monoisotopic (exact) mass is 416 g/mol. The van der Waals surface area contributed by atoms with Crippen molar-refractivity contribution in [2.24, 2.45) is 5.73 Å². The molecule has 2 unspecified atom stereocenters. The fraction of sp³-hybridized carbons (Fsp3) is 0.333. The minimum atomic E-state index is 0.0812. The lowest BCUT2D eigenvalue weighted by Gasteiger charge is -2.30. The maximum atomic E-state index is 6.20. The zero-order valence-corrected chi connectivity index (χ0v) is 15.5. The number of rotatable bonds is 5. The maximum Gasteiger partial charge on any atom is 0.0591 e. The Balaban J connectivity index is 2.17. The molecule has 0 aliphatic carbocycles. The van der Waals surface area contributed by atoms with Crippen molar-refractivity contribution in [3.05, 3.63) is 55.1 Å². The van der Waals surface area contributed by atoms with Crippen molar-refractivity contribution in [2.45, 2.75) is 25.6 Å². The zero-order valence-electron chi connectivity index (χ0n) is 11.5. The normalized spacial score (nSPS) is 14.5. The van der Waals surface area contributed by atoms with Crippen LogP contribution in [0, 0.1) is 0 Å². The van der Waals surface area contributed by atoms with Crippen LogP contribution in [0.4, 0.5) is 0 Å². The SMILES string of the molecule is CC(N)C(c1cc(Br)cs1)N(C)Cc1cccc(Br)c1. The molecule has 2 N–H and O–H groups in total. The minimum absolute atomic E-state index is 0.0812. The van der Waals surface area contributed by atoms with E-state index < -0.39 is 0 Å². The van der Waals surface area contributed by atoms with Gasteiger partial charge in [0, 0.05) is 31.8 Å². The smallest absolute Gasteiger partial charge is 0.0591 e. The summed E-state index contributed by atoms with van der Waals surface area (Å²) in [5.41, 5.74) is 7.48. The van der Waals surface area contributed by atoms with Gasteiger partial charge in [-0.3, -0.25) is 4.90 Å². The fourth-order valence-electron chi connectivity index (χ4n) is 2.38. The number of halogens is 2. The van der Waals surface area contributed by atoms with Crippen molar-refractivity contribution in [3.63, 3.8) is 0 Å². The number of benzene rings is 1. The Kier molecular flexibility index (Phi) is 5.81. The van der Waals surface area contributed by atoms with Crippen LogP contribution >= 0.6 is 43.2 Å². The van der Waals surface area contributed by atoms with Crippen LogP contribution in [0.2, 0.25) is 0 Å². The minimum Gasteiger partial charge on any atom is -0.326 e. The van der Waals surface area contributed by atoms with E-state index >= 15 is 0 Å². The Morgan fingerprint density at radius 1 is 1.25 bits per heavy atom. The molecule has 0 aliphatic heterocycles. The number of hydrogen-bond donors (Lipinski definition) is 1. The predicted molar refractivity (Wildman–Crippen MR) is 94.0 cm³/mol. The average Bonchev–Trinajstić information content (AvgIpc) is 2.75. The molecule has 0 saturated carbocycles. The summed E-state index contributed by atoms with van der Waals surface area (Å²) in [5, 5.41) is 2.11. The molecule has 0 aliphatic rings. The summed E-state index contributed by atoms with van der Waals surface area (Å²) in [7, 11) is 2.13. The molecule has 2 nitrogen and oxygen atoms in total. The lowest BCUT2D eigenvalue weighted by Crippen LogP contribution is -2.36. The molecule has 0 saturated heterocycles. The van der Waals surface area contributed by atoms with Crippen LogP contribution in [0.15, 0.2) is 44.7 Å². The number of thiophene rings is 1. The zero-order chi connectivity index (χ0) is 14.7. The molecule has 2 aromatic rings. The fourth-order valence-corrected chi connectivity index (χ4v) is 4.55. The van der Waals surface area contributed by atoms with Gasteiger partial charge >= 0.3 is 0 Å². The highest BCUT2D eigenvalue weighted by atomic mass is 79.9. The van der Waals surface area contributed by atoms with E-state index in [1.54, 1.807) is 11.3 Å². The van der Waals surface area contributed by atoms with Gasteiger partial charge in [-0.15, -0.1) is 11.3 Å². The van der Waals surface area contributed by atoms with Crippen LogP contribution in [-0.2, 0) is 6.54 Å². The molecule has 108 valence electrons. The lowest BCUT2D eigenvalue weighted by atomic mass is 10.1. The first kappa shape index (κ1) is 16.2. The molecule has 1 aromatic carbocycles. The van der Waals surface area contributed by atoms with E-state index in [1.165, 1.54) is 10.4 Å². The molecule has 0 bridgehead atoms. The summed E-state index contributed by atoms with van der Waals surface area (Å²) >= 11 is 8.79. The number of hydrogen-bond acceptors (Lipinski definition) is 3. The molecule has 1 aromatic heterocycles. The van der Waals surface area contributed by atoms with Crippen LogP contribution in [0.1, 0.15) is 23.4 Å². The first-order chi connectivity index (χ1) is 9.47. The van der Waals surface area contributed by atoms with Gasteiger partial charge in [-0.25, -0.2) is 0 Å². The summed E-state index contributed by atoms with van der Waals surface area (Å²) < 4.78 is 2.23. The summed E-state index contributed by atoms with van der Waals surface area (Å²) in [4.78, 5) is 3.61. The molecule has 0 fully saturated rings. The van der Waals surface area contributed by atoms with Crippen molar-refractivity contribution < 1.29 is 0 Å². The highest BCUT2D eigenvalue weighted by Crippen LogP contribution is 2.31. The molecule has 0 radical (unpaired) electrons. The van der Waals surface area contributed by atoms with Gasteiger partial charge in [0.05, 0.1) is 6.04 Å². The van der Waals surface area contributed by atoms with Crippen molar-refractivity contribution >= 4 is 43.2 Å². The molecular formula is C15H18Br2N2S. The summed E-state index contributed by atoms with van der Waals surface area (Å²) in [5.74, 6) is 0. The molecule has 0 spiro atoms. The summed E-state index contributed by atoms with van der Waals surface area (Å²) in [6, 6.07) is 10.9. The lowest BCUT2D eigenvalue weighted by molar-refractivity contribution is 0.214.